The summed E-state index contributed by atoms with van der Waals surface area (Å²) in [6.07, 6.45) is -0.382. The number of β-amino-alcohol motifs (C(OH)–C–C–N with tert-alkyl or cyclic N) is 1. The van der Waals surface area contributed by atoms with Gasteiger partial charge in [-0.3, -0.25) is 4.79 Å². The van der Waals surface area contributed by atoms with Crippen LogP contribution < -0.4 is 10.6 Å². The van der Waals surface area contributed by atoms with E-state index in [0.717, 1.165) is 5.56 Å². The average Bonchev–Trinajstić information content (AvgIpc) is 2.88. The zero-order valence-electron chi connectivity index (χ0n) is 11.3. The monoisotopic (exact) mass is 282 g/mol. The Bertz CT molecular complexity index is 452. The molecule has 1 aromatic rings. The maximum Gasteiger partial charge on any atom is 0.237 e. The van der Waals surface area contributed by atoms with Crippen LogP contribution in [0.1, 0.15) is 18.1 Å². The number of halogens is 1. The molecule has 1 saturated heterocycles. The van der Waals surface area contributed by atoms with Crippen LogP contribution in [0.3, 0.4) is 0 Å². The van der Waals surface area contributed by atoms with Crippen LogP contribution in [0.25, 0.3) is 0 Å². The molecule has 2 rings (SSSR count). The van der Waals surface area contributed by atoms with Gasteiger partial charge in [-0.1, -0.05) is 12.1 Å². The lowest BCUT2D eigenvalue weighted by Gasteiger charge is -2.18. The number of hydrogen-bond acceptors (Lipinski definition) is 4. The molecule has 3 atom stereocenters. The van der Waals surface area contributed by atoms with Crippen LogP contribution in [0, 0.1) is 5.82 Å². The molecule has 6 heteroatoms. The molecule has 3 N–H and O–H groups in total. The van der Waals surface area contributed by atoms with E-state index in [4.69, 9.17) is 4.74 Å². The Morgan fingerprint density at radius 2 is 2.25 bits per heavy atom. The Hall–Kier alpha value is -1.50. The summed E-state index contributed by atoms with van der Waals surface area (Å²) >= 11 is 0. The number of nitrogens with one attached hydrogen (secondary N) is 2. The van der Waals surface area contributed by atoms with E-state index >= 15 is 0 Å². The summed E-state index contributed by atoms with van der Waals surface area (Å²) in [6.45, 7) is 0.735. The standard InChI is InChI=1S/C14H19FN2O3/c1-20-13(9-2-4-10(15)5-3-9)8-17-14(19)12-6-11(18)7-16-12/h2-5,11-13,16,18H,6-8H2,1H3,(H,17,19). The van der Waals surface area contributed by atoms with Gasteiger partial charge in [0.15, 0.2) is 0 Å². The van der Waals surface area contributed by atoms with Crippen molar-refractivity contribution in [2.24, 2.45) is 0 Å². The SMILES string of the molecule is COC(CNC(=O)C1CC(O)CN1)c1ccc(F)cc1. The van der Waals surface area contributed by atoms with Gasteiger partial charge in [-0.2, -0.15) is 0 Å². The van der Waals surface area contributed by atoms with E-state index in [-0.39, 0.29) is 23.9 Å². The van der Waals surface area contributed by atoms with Crippen molar-refractivity contribution in [3.8, 4) is 0 Å². The second kappa shape index (κ2) is 6.78. The third-order valence-corrected chi connectivity index (χ3v) is 3.41. The summed E-state index contributed by atoms with van der Waals surface area (Å²) in [5.41, 5.74) is 0.800. The Labute approximate surface area is 117 Å². The van der Waals surface area contributed by atoms with Crippen molar-refractivity contribution in [1.82, 2.24) is 10.6 Å². The number of rotatable bonds is 5. The molecule has 20 heavy (non-hydrogen) atoms. The van der Waals surface area contributed by atoms with E-state index in [1.54, 1.807) is 12.1 Å². The lowest BCUT2D eigenvalue weighted by molar-refractivity contribution is -0.123. The summed E-state index contributed by atoms with van der Waals surface area (Å²) < 4.78 is 18.2. The molecule has 0 aliphatic carbocycles. The number of benzene rings is 1. The zero-order valence-corrected chi connectivity index (χ0v) is 11.3. The molecule has 1 amide bonds. The minimum Gasteiger partial charge on any atom is -0.392 e. The van der Waals surface area contributed by atoms with E-state index in [9.17, 15) is 14.3 Å². The summed E-state index contributed by atoms with van der Waals surface area (Å²) in [5, 5.41) is 15.1. The molecule has 1 aliphatic heterocycles. The molecule has 110 valence electrons. The first-order valence-corrected chi connectivity index (χ1v) is 6.57. The highest BCUT2D eigenvalue weighted by atomic mass is 19.1. The van der Waals surface area contributed by atoms with E-state index in [2.05, 4.69) is 10.6 Å². The van der Waals surface area contributed by atoms with Gasteiger partial charge in [0.25, 0.3) is 0 Å². The van der Waals surface area contributed by atoms with Gasteiger partial charge in [0.05, 0.1) is 18.2 Å². The number of aliphatic hydroxyl groups excluding tert-OH is 1. The average molecular weight is 282 g/mol. The first-order valence-electron chi connectivity index (χ1n) is 6.57. The van der Waals surface area contributed by atoms with Gasteiger partial charge >= 0.3 is 0 Å². The fraction of sp³-hybridized carbons (Fsp3) is 0.500. The predicted octanol–water partition coefficient (Wildman–Crippen LogP) is 0.352. The van der Waals surface area contributed by atoms with Crippen LogP contribution >= 0.6 is 0 Å². The smallest absolute Gasteiger partial charge is 0.237 e. The van der Waals surface area contributed by atoms with Gasteiger partial charge in [-0.05, 0) is 24.1 Å². The van der Waals surface area contributed by atoms with Crippen LogP contribution in [0.2, 0.25) is 0 Å². The highest BCUT2D eigenvalue weighted by Gasteiger charge is 2.28. The fourth-order valence-corrected chi connectivity index (χ4v) is 2.25. The van der Waals surface area contributed by atoms with Gasteiger partial charge in [-0.25, -0.2) is 4.39 Å². The van der Waals surface area contributed by atoms with Crippen molar-refractivity contribution in [2.75, 3.05) is 20.2 Å². The fourth-order valence-electron chi connectivity index (χ4n) is 2.25. The van der Waals surface area contributed by atoms with Crippen LogP contribution in [0.4, 0.5) is 4.39 Å². The number of aliphatic hydroxyl groups is 1. The van der Waals surface area contributed by atoms with Gasteiger partial charge in [0.1, 0.15) is 5.82 Å². The molecular formula is C14H19FN2O3. The quantitative estimate of drug-likeness (QED) is 0.729. The van der Waals surface area contributed by atoms with Gasteiger partial charge < -0.3 is 20.5 Å². The summed E-state index contributed by atoms with van der Waals surface area (Å²) in [6, 6.07) is 5.62. The molecule has 1 aliphatic rings. The third-order valence-electron chi connectivity index (χ3n) is 3.41. The topological polar surface area (TPSA) is 70.6 Å². The Kier molecular flexibility index (Phi) is 5.05. The summed E-state index contributed by atoms with van der Waals surface area (Å²) in [5.74, 6) is -0.470. The molecular weight excluding hydrogens is 263 g/mol. The molecule has 1 fully saturated rings. The van der Waals surface area contributed by atoms with Crippen molar-refractivity contribution in [2.45, 2.75) is 24.7 Å². The molecule has 1 aromatic carbocycles. The number of hydrogen-bond donors (Lipinski definition) is 3. The van der Waals surface area contributed by atoms with E-state index in [1.165, 1.54) is 19.2 Å². The van der Waals surface area contributed by atoms with Gasteiger partial charge in [-0.15, -0.1) is 0 Å². The van der Waals surface area contributed by atoms with Crippen molar-refractivity contribution in [3.63, 3.8) is 0 Å². The van der Waals surface area contributed by atoms with Crippen molar-refractivity contribution in [3.05, 3.63) is 35.6 Å². The van der Waals surface area contributed by atoms with Crippen molar-refractivity contribution < 1.29 is 19.0 Å². The zero-order chi connectivity index (χ0) is 14.5. The largest absolute Gasteiger partial charge is 0.392 e. The predicted molar refractivity (Wildman–Crippen MR) is 71.6 cm³/mol. The maximum atomic E-state index is 12.9. The second-order valence-corrected chi connectivity index (χ2v) is 4.87. The molecule has 5 nitrogen and oxygen atoms in total. The number of carbonyl (C=O) groups excluding carboxylic acids is 1. The maximum absolute atomic E-state index is 12.9. The Balaban J connectivity index is 1.87. The van der Waals surface area contributed by atoms with Crippen molar-refractivity contribution >= 4 is 5.91 Å². The van der Waals surface area contributed by atoms with Crippen LogP contribution in [-0.2, 0) is 9.53 Å². The normalized spacial score (nSPS) is 23.6. The lowest BCUT2D eigenvalue weighted by atomic mass is 10.1. The summed E-state index contributed by atoms with van der Waals surface area (Å²) in [4.78, 5) is 11.9. The first kappa shape index (κ1) is 14.9. The van der Waals surface area contributed by atoms with Gasteiger partial charge in [0, 0.05) is 20.2 Å². The second-order valence-electron chi connectivity index (χ2n) is 4.87. The number of methoxy groups -OCH3 is 1. The molecule has 0 spiro atoms. The highest BCUT2D eigenvalue weighted by Crippen LogP contribution is 2.16. The molecule has 0 bridgehead atoms. The van der Waals surface area contributed by atoms with E-state index in [1.807, 2.05) is 0 Å². The van der Waals surface area contributed by atoms with Crippen LogP contribution in [0.5, 0.6) is 0 Å². The van der Waals surface area contributed by atoms with Crippen LogP contribution in [0.15, 0.2) is 24.3 Å². The highest BCUT2D eigenvalue weighted by molar-refractivity contribution is 5.82. The number of carbonyl (C=O) groups is 1. The molecule has 0 radical (unpaired) electrons. The van der Waals surface area contributed by atoms with Gasteiger partial charge in [0.2, 0.25) is 5.91 Å². The number of ether oxygens (including phenoxy) is 1. The molecule has 0 saturated carbocycles. The van der Waals surface area contributed by atoms with Crippen LogP contribution in [-0.4, -0.2) is 43.4 Å². The molecule has 3 unspecified atom stereocenters. The van der Waals surface area contributed by atoms with E-state index < -0.39 is 6.10 Å². The third kappa shape index (κ3) is 3.75. The molecule has 1 heterocycles. The van der Waals surface area contributed by atoms with E-state index in [0.29, 0.717) is 19.5 Å². The summed E-state index contributed by atoms with van der Waals surface area (Å²) in [7, 11) is 1.54. The first-order chi connectivity index (χ1) is 9.60. The number of amides is 1. The molecule has 0 aromatic heterocycles. The Morgan fingerprint density at radius 1 is 1.55 bits per heavy atom. The minimum absolute atomic E-state index is 0.161. The van der Waals surface area contributed by atoms with Crippen molar-refractivity contribution in [1.29, 1.82) is 0 Å². The minimum atomic E-state index is -0.471. The lowest BCUT2D eigenvalue weighted by Crippen LogP contribution is -2.42. The Morgan fingerprint density at radius 3 is 2.80 bits per heavy atom.